The molecule has 0 saturated carbocycles. The molecule has 3 heterocycles. The lowest BCUT2D eigenvalue weighted by Crippen LogP contribution is -2.66. The van der Waals surface area contributed by atoms with Gasteiger partial charge in [0.25, 0.3) is 11.0 Å². The number of hydrazone groups is 1. The van der Waals surface area contributed by atoms with Gasteiger partial charge in [0.05, 0.1) is 5.69 Å². The molecule has 1 N–H and O–H groups in total. The molecule has 0 fully saturated rings. The highest BCUT2D eigenvalue weighted by atomic mass is 32.2. The highest BCUT2D eigenvalue weighted by Crippen LogP contribution is 2.44. The minimum absolute atomic E-state index is 0.163. The zero-order valence-corrected chi connectivity index (χ0v) is 18.1. The Balaban J connectivity index is 1.55. The quantitative estimate of drug-likeness (QED) is 0.627. The number of aromatic nitrogens is 1. The number of aliphatic imine (C=N–C) groups is 1. The van der Waals surface area contributed by atoms with Gasteiger partial charge in [0.1, 0.15) is 10.9 Å². The van der Waals surface area contributed by atoms with E-state index in [4.69, 9.17) is 5.10 Å². The van der Waals surface area contributed by atoms with E-state index in [1.165, 1.54) is 17.8 Å². The number of nitrogens with zero attached hydrogens (tertiary/aromatic N) is 5. The lowest BCUT2D eigenvalue weighted by molar-refractivity contribution is -0.129. The number of hydrogen-bond donors (Lipinski definition) is 1. The molecule has 1 unspecified atom stereocenters. The molecule has 3 aromatic rings. The van der Waals surface area contributed by atoms with Crippen molar-refractivity contribution < 1.29 is 4.79 Å². The lowest BCUT2D eigenvalue weighted by Gasteiger charge is -2.45. The highest BCUT2D eigenvalue weighted by molar-refractivity contribution is 8.15. The Hall–Kier alpha value is -3.91. The van der Waals surface area contributed by atoms with Gasteiger partial charge in [0.2, 0.25) is 0 Å². The van der Waals surface area contributed by atoms with Gasteiger partial charge in [0, 0.05) is 37.3 Å². The number of para-hydroxylation sites is 1. The van der Waals surface area contributed by atoms with Crippen LogP contribution in [0.4, 0.5) is 5.69 Å². The molecule has 0 radical (unpaired) electrons. The normalized spacial score (nSPS) is 20.5. The van der Waals surface area contributed by atoms with Crippen LogP contribution in [-0.2, 0) is 4.79 Å². The molecule has 2 aliphatic heterocycles. The van der Waals surface area contributed by atoms with Crippen molar-refractivity contribution in [2.45, 2.75) is 5.12 Å². The van der Waals surface area contributed by atoms with Gasteiger partial charge in [-0.25, -0.2) is 10.0 Å². The van der Waals surface area contributed by atoms with Crippen molar-refractivity contribution in [1.29, 1.82) is 0 Å². The predicted molar refractivity (Wildman–Crippen MR) is 128 cm³/mol. The summed E-state index contributed by atoms with van der Waals surface area (Å²) in [5, 5.41) is 10.0. The highest BCUT2D eigenvalue weighted by Gasteiger charge is 2.52. The number of thioether (sulfide) groups is 1. The van der Waals surface area contributed by atoms with Gasteiger partial charge in [0.15, 0.2) is 0 Å². The number of benzene rings is 2. The summed E-state index contributed by atoms with van der Waals surface area (Å²) in [6, 6.07) is 23.4. The van der Waals surface area contributed by atoms with E-state index in [1.54, 1.807) is 30.6 Å². The fraction of sp³-hybridized carbons (Fsp3) is 0.0833. The summed E-state index contributed by atoms with van der Waals surface area (Å²) in [5.41, 5.74) is 2.73. The Morgan fingerprint density at radius 2 is 1.69 bits per heavy atom. The van der Waals surface area contributed by atoms with E-state index in [1.807, 2.05) is 77.8 Å². The van der Waals surface area contributed by atoms with Crippen LogP contribution in [0.1, 0.15) is 11.1 Å². The second-order valence-corrected chi connectivity index (χ2v) is 8.38. The second kappa shape index (κ2) is 8.32. The maximum Gasteiger partial charge on any atom is 0.269 e. The molecule has 2 aromatic carbocycles. The number of nitrogens with one attached hydrogen (secondary N) is 1. The largest absolute Gasteiger partial charge is 0.319 e. The van der Waals surface area contributed by atoms with Crippen molar-refractivity contribution in [3.8, 4) is 0 Å². The zero-order chi connectivity index (χ0) is 22.0. The summed E-state index contributed by atoms with van der Waals surface area (Å²) in [6.45, 7) is 0. The van der Waals surface area contributed by atoms with Crippen molar-refractivity contribution >= 4 is 34.6 Å². The molecule has 2 aliphatic rings. The van der Waals surface area contributed by atoms with E-state index in [0.717, 1.165) is 21.9 Å². The van der Waals surface area contributed by atoms with Crippen LogP contribution in [0.3, 0.4) is 0 Å². The molecule has 5 rings (SSSR count). The fourth-order valence-electron chi connectivity index (χ4n) is 3.46. The maximum atomic E-state index is 13.0. The first-order valence-electron chi connectivity index (χ1n) is 10.1. The van der Waals surface area contributed by atoms with Crippen LogP contribution in [0, 0.1) is 0 Å². The van der Waals surface area contributed by atoms with Gasteiger partial charge in [-0.1, -0.05) is 48.5 Å². The van der Waals surface area contributed by atoms with E-state index in [-0.39, 0.29) is 5.91 Å². The van der Waals surface area contributed by atoms with Crippen molar-refractivity contribution in [2.75, 3.05) is 12.1 Å². The number of pyridine rings is 1. The summed E-state index contributed by atoms with van der Waals surface area (Å²) in [7, 11) is 1.77. The zero-order valence-electron chi connectivity index (χ0n) is 17.3. The van der Waals surface area contributed by atoms with Crippen LogP contribution < -0.4 is 10.3 Å². The lowest BCUT2D eigenvalue weighted by atomic mass is 10.2. The Morgan fingerprint density at radius 3 is 2.41 bits per heavy atom. The van der Waals surface area contributed by atoms with E-state index >= 15 is 0 Å². The smallest absolute Gasteiger partial charge is 0.269 e. The third-order valence-corrected chi connectivity index (χ3v) is 6.48. The molecule has 32 heavy (non-hydrogen) atoms. The minimum atomic E-state index is -0.997. The molecule has 0 bridgehead atoms. The van der Waals surface area contributed by atoms with E-state index in [0.29, 0.717) is 5.82 Å². The standard InChI is InChI=1S/C24H20N6OS/c1-29-22(31)16-21(26-17-18-12-14-25-15-13-18)27-24(29)30(20-10-6-3-7-11-20)28-23(32-24)19-8-4-2-5-9-19/h2-17,27H,1H3/b26-17-. The fourth-order valence-corrected chi connectivity index (χ4v) is 4.72. The van der Waals surface area contributed by atoms with Crippen molar-refractivity contribution in [2.24, 2.45) is 10.1 Å². The van der Waals surface area contributed by atoms with Gasteiger partial charge in [-0.3, -0.25) is 14.7 Å². The number of carbonyl (C=O) groups is 1. The molecule has 0 aliphatic carbocycles. The molecular weight excluding hydrogens is 420 g/mol. The number of likely N-dealkylation sites (N-methyl/N-ethyl adjacent to an activating group) is 1. The summed E-state index contributed by atoms with van der Waals surface area (Å²) < 4.78 is 0. The van der Waals surface area contributed by atoms with Gasteiger partial charge in [-0.2, -0.15) is 5.10 Å². The van der Waals surface area contributed by atoms with Crippen LogP contribution in [0.2, 0.25) is 0 Å². The van der Waals surface area contributed by atoms with Crippen LogP contribution in [0.15, 0.2) is 107 Å². The van der Waals surface area contributed by atoms with Crippen molar-refractivity contribution in [3.63, 3.8) is 0 Å². The molecule has 1 aromatic heterocycles. The predicted octanol–water partition coefficient (Wildman–Crippen LogP) is 3.63. The topological polar surface area (TPSA) is 73.2 Å². The number of rotatable bonds is 4. The van der Waals surface area contributed by atoms with Crippen LogP contribution in [0.5, 0.6) is 0 Å². The molecule has 0 saturated heterocycles. The molecule has 1 atom stereocenters. The number of carbonyl (C=O) groups excluding carboxylic acids is 1. The Bertz CT molecular complexity index is 1210. The molecule has 7 nitrogen and oxygen atoms in total. The SMILES string of the molecule is CN1C(=O)C=C(/N=C\c2ccncc2)NC12SC(c1ccccc1)=NN2c1ccccc1. The van der Waals surface area contributed by atoms with Gasteiger partial charge >= 0.3 is 0 Å². The monoisotopic (exact) mass is 440 g/mol. The van der Waals surface area contributed by atoms with Crippen LogP contribution in [-0.4, -0.2) is 39.2 Å². The minimum Gasteiger partial charge on any atom is -0.319 e. The molecule has 1 amide bonds. The molecule has 158 valence electrons. The van der Waals surface area contributed by atoms with Gasteiger partial charge in [-0.15, -0.1) is 0 Å². The van der Waals surface area contributed by atoms with Crippen molar-refractivity contribution in [1.82, 2.24) is 15.2 Å². The third-order valence-electron chi connectivity index (χ3n) is 5.13. The average molecular weight is 441 g/mol. The first kappa shape index (κ1) is 20.0. The molecule has 1 spiro atoms. The summed E-state index contributed by atoms with van der Waals surface area (Å²) in [4.78, 5) is 23.2. The van der Waals surface area contributed by atoms with E-state index in [9.17, 15) is 4.79 Å². The summed E-state index contributed by atoms with van der Waals surface area (Å²) in [5.74, 6) is 0.298. The average Bonchev–Trinajstić information content (AvgIpc) is 3.23. The maximum absolute atomic E-state index is 13.0. The molecule has 8 heteroatoms. The Labute approximate surface area is 190 Å². The second-order valence-electron chi connectivity index (χ2n) is 7.22. The first-order chi connectivity index (χ1) is 15.7. The van der Waals surface area contributed by atoms with Gasteiger partial charge in [-0.05, 0) is 41.6 Å². The van der Waals surface area contributed by atoms with Gasteiger partial charge < -0.3 is 5.32 Å². The molecular formula is C24H20N6OS. The summed E-state index contributed by atoms with van der Waals surface area (Å²) in [6.07, 6.45) is 6.61. The number of anilines is 1. The van der Waals surface area contributed by atoms with Crippen LogP contribution >= 0.6 is 11.8 Å². The van der Waals surface area contributed by atoms with E-state index in [2.05, 4.69) is 15.3 Å². The third kappa shape index (κ3) is 3.65. The Morgan fingerprint density at radius 1 is 1.00 bits per heavy atom. The van der Waals surface area contributed by atoms with Crippen LogP contribution in [0.25, 0.3) is 0 Å². The van der Waals surface area contributed by atoms with Crippen molar-refractivity contribution in [3.05, 3.63) is 108 Å². The summed E-state index contributed by atoms with van der Waals surface area (Å²) >= 11 is 1.47. The van der Waals surface area contributed by atoms with E-state index < -0.39 is 5.12 Å². The number of hydrogen-bond acceptors (Lipinski definition) is 7. The number of amides is 1. The first-order valence-corrected chi connectivity index (χ1v) is 10.9. The Kier molecular flexibility index (Phi) is 5.20.